The Hall–Kier alpha value is -1.06. The normalized spacial score (nSPS) is 16.9. The van der Waals surface area contributed by atoms with E-state index in [4.69, 9.17) is 5.41 Å². The Morgan fingerprint density at radius 3 is 3.00 bits per heavy atom. The molecule has 4 heteroatoms. The van der Waals surface area contributed by atoms with E-state index in [1.807, 2.05) is 11.8 Å². The molecule has 1 fully saturated rings. The minimum Gasteiger partial charge on any atom is -0.355 e. The van der Waals surface area contributed by atoms with E-state index in [-0.39, 0.29) is 5.91 Å². The Morgan fingerprint density at radius 1 is 1.57 bits per heavy atom. The van der Waals surface area contributed by atoms with Gasteiger partial charge in [-0.25, -0.2) is 0 Å². The van der Waals surface area contributed by atoms with Crippen LogP contribution in [0.5, 0.6) is 0 Å². The second-order valence-electron chi connectivity index (χ2n) is 3.68. The molecule has 0 unspecified atom stereocenters. The molecule has 0 bridgehead atoms. The molecule has 0 saturated carbocycles. The molecule has 0 aromatic rings. The smallest absolute Gasteiger partial charge is 0.239 e. The van der Waals surface area contributed by atoms with E-state index in [0.717, 1.165) is 38.8 Å². The molecule has 1 aliphatic heterocycles. The maximum atomic E-state index is 11.4. The van der Waals surface area contributed by atoms with Gasteiger partial charge in [0.05, 0.1) is 12.4 Å². The molecular weight excluding hydrogens is 178 g/mol. The van der Waals surface area contributed by atoms with Gasteiger partial charge in [0.15, 0.2) is 0 Å². The zero-order valence-electron chi connectivity index (χ0n) is 8.81. The van der Waals surface area contributed by atoms with Gasteiger partial charge in [0.25, 0.3) is 0 Å². The fourth-order valence-electron chi connectivity index (χ4n) is 1.56. The van der Waals surface area contributed by atoms with Gasteiger partial charge in [-0.2, -0.15) is 0 Å². The fraction of sp³-hybridized carbons (Fsp3) is 0.800. The van der Waals surface area contributed by atoms with Crippen molar-refractivity contribution in [3.63, 3.8) is 0 Å². The number of amides is 1. The van der Waals surface area contributed by atoms with E-state index in [2.05, 4.69) is 5.32 Å². The van der Waals surface area contributed by atoms with Gasteiger partial charge < -0.3 is 10.2 Å². The highest BCUT2D eigenvalue weighted by Gasteiger charge is 2.16. The van der Waals surface area contributed by atoms with Crippen LogP contribution in [0.15, 0.2) is 0 Å². The van der Waals surface area contributed by atoms with Crippen molar-refractivity contribution in [3.8, 4) is 0 Å². The average Bonchev–Trinajstić information content (AvgIpc) is 2.18. The highest BCUT2D eigenvalue weighted by Crippen LogP contribution is 2.09. The third-order valence-corrected chi connectivity index (χ3v) is 2.38. The molecule has 80 valence electrons. The van der Waals surface area contributed by atoms with Crippen LogP contribution in [0.1, 0.15) is 32.6 Å². The summed E-state index contributed by atoms with van der Waals surface area (Å²) in [6.07, 6.45) is 3.97. The maximum Gasteiger partial charge on any atom is 0.239 e. The summed E-state index contributed by atoms with van der Waals surface area (Å²) in [6.45, 7) is 3.99. The molecule has 0 spiro atoms. The third kappa shape index (κ3) is 3.36. The molecule has 0 aromatic heterocycles. The van der Waals surface area contributed by atoms with Crippen molar-refractivity contribution in [2.24, 2.45) is 0 Å². The van der Waals surface area contributed by atoms with Crippen LogP contribution in [0.2, 0.25) is 0 Å². The summed E-state index contributed by atoms with van der Waals surface area (Å²) in [6, 6.07) is 0. The van der Waals surface area contributed by atoms with Gasteiger partial charge in [-0.05, 0) is 19.3 Å². The van der Waals surface area contributed by atoms with Gasteiger partial charge in [0.2, 0.25) is 5.91 Å². The Morgan fingerprint density at radius 2 is 2.36 bits per heavy atom. The van der Waals surface area contributed by atoms with E-state index in [1.54, 1.807) is 0 Å². The minimum absolute atomic E-state index is 0.0403. The van der Waals surface area contributed by atoms with Gasteiger partial charge in [0.1, 0.15) is 0 Å². The number of piperidine rings is 1. The summed E-state index contributed by atoms with van der Waals surface area (Å²) < 4.78 is 0. The van der Waals surface area contributed by atoms with Crippen LogP contribution < -0.4 is 5.32 Å². The first-order valence-corrected chi connectivity index (χ1v) is 5.33. The van der Waals surface area contributed by atoms with Crippen molar-refractivity contribution in [3.05, 3.63) is 0 Å². The average molecular weight is 197 g/mol. The van der Waals surface area contributed by atoms with E-state index in [0.29, 0.717) is 12.4 Å². The van der Waals surface area contributed by atoms with Crippen molar-refractivity contribution in [2.45, 2.75) is 32.6 Å². The molecule has 14 heavy (non-hydrogen) atoms. The third-order valence-electron chi connectivity index (χ3n) is 2.38. The van der Waals surface area contributed by atoms with Crippen LogP contribution in [-0.4, -0.2) is 36.3 Å². The second-order valence-corrected chi connectivity index (χ2v) is 3.68. The number of likely N-dealkylation sites (tertiary alicyclic amines) is 1. The molecule has 1 amide bonds. The van der Waals surface area contributed by atoms with Crippen molar-refractivity contribution in [2.75, 3.05) is 19.6 Å². The predicted octanol–water partition coefficient (Wildman–Crippen LogP) is 0.976. The van der Waals surface area contributed by atoms with E-state index in [9.17, 15) is 4.79 Å². The number of rotatable bonds is 4. The topological polar surface area (TPSA) is 56.2 Å². The molecule has 0 radical (unpaired) electrons. The molecule has 1 heterocycles. The predicted molar refractivity (Wildman–Crippen MR) is 56.5 cm³/mol. The molecule has 2 N–H and O–H groups in total. The maximum absolute atomic E-state index is 11.4. The zero-order valence-corrected chi connectivity index (χ0v) is 8.81. The summed E-state index contributed by atoms with van der Waals surface area (Å²) >= 11 is 0. The molecule has 0 atom stereocenters. The number of amidine groups is 1. The van der Waals surface area contributed by atoms with Crippen LogP contribution in [0.25, 0.3) is 0 Å². The van der Waals surface area contributed by atoms with Gasteiger partial charge in [-0.3, -0.25) is 10.2 Å². The summed E-state index contributed by atoms with van der Waals surface area (Å²) in [4.78, 5) is 13.2. The highest BCUT2D eigenvalue weighted by molar-refractivity contribution is 5.86. The van der Waals surface area contributed by atoms with E-state index in [1.165, 1.54) is 0 Å². The van der Waals surface area contributed by atoms with Crippen LogP contribution in [0, 0.1) is 5.41 Å². The number of nitrogens with one attached hydrogen (secondary N) is 2. The summed E-state index contributed by atoms with van der Waals surface area (Å²) in [5, 5.41) is 10.5. The number of hydrogen-bond acceptors (Lipinski definition) is 2. The van der Waals surface area contributed by atoms with Gasteiger partial charge in [-0.15, -0.1) is 0 Å². The van der Waals surface area contributed by atoms with Crippen molar-refractivity contribution < 1.29 is 4.79 Å². The molecule has 4 nitrogen and oxygen atoms in total. The van der Waals surface area contributed by atoms with Gasteiger partial charge in [0, 0.05) is 19.5 Å². The fourth-order valence-corrected chi connectivity index (χ4v) is 1.56. The first-order chi connectivity index (χ1) is 6.74. The number of nitrogens with zero attached hydrogens (tertiary/aromatic N) is 1. The molecule has 1 saturated heterocycles. The largest absolute Gasteiger partial charge is 0.355 e. The number of carbonyl (C=O) groups is 1. The monoisotopic (exact) mass is 197 g/mol. The molecule has 0 aliphatic carbocycles. The van der Waals surface area contributed by atoms with Gasteiger partial charge in [-0.1, -0.05) is 6.92 Å². The Kier molecular flexibility index (Phi) is 4.43. The van der Waals surface area contributed by atoms with Crippen molar-refractivity contribution >= 4 is 11.7 Å². The first kappa shape index (κ1) is 11.0. The SMILES string of the molecule is CCCNC(=O)CN1CCCCC1=N. The van der Waals surface area contributed by atoms with E-state index < -0.39 is 0 Å². The van der Waals surface area contributed by atoms with Crippen LogP contribution in [0.3, 0.4) is 0 Å². The molecular formula is C10H19N3O. The number of carbonyl (C=O) groups excluding carboxylic acids is 1. The quantitative estimate of drug-likeness (QED) is 0.705. The lowest BCUT2D eigenvalue weighted by Crippen LogP contribution is -2.42. The molecule has 1 aliphatic rings. The number of hydrogen-bond donors (Lipinski definition) is 2. The first-order valence-electron chi connectivity index (χ1n) is 5.33. The Bertz CT molecular complexity index is 215. The lowest BCUT2D eigenvalue weighted by molar-refractivity contribution is -0.121. The van der Waals surface area contributed by atoms with Crippen LogP contribution in [0.4, 0.5) is 0 Å². The summed E-state index contributed by atoms with van der Waals surface area (Å²) in [5.41, 5.74) is 0. The van der Waals surface area contributed by atoms with Crippen molar-refractivity contribution in [1.29, 1.82) is 5.41 Å². The standard InChI is InChI=1S/C10H19N3O/c1-2-6-12-10(14)8-13-7-4-3-5-9(13)11/h11H,2-8H2,1H3,(H,12,14). The van der Waals surface area contributed by atoms with Gasteiger partial charge >= 0.3 is 0 Å². The lowest BCUT2D eigenvalue weighted by Gasteiger charge is -2.28. The van der Waals surface area contributed by atoms with E-state index >= 15 is 0 Å². The molecule has 1 rings (SSSR count). The summed E-state index contributed by atoms with van der Waals surface area (Å²) in [5.74, 6) is 0.654. The minimum atomic E-state index is 0.0403. The van der Waals surface area contributed by atoms with Crippen LogP contribution >= 0.6 is 0 Å². The van der Waals surface area contributed by atoms with Crippen molar-refractivity contribution in [1.82, 2.24) is 10.2 Å². The van der Waals surface area contributed by atoms with Crippen LogP contribution in [-0.2, 0) is 4.79 Å². The summed E-state index contributed by atoms with van der Waals surface area (Å²) in [7, 11) is 0. The highest BCUT2D eigenvalue weighted by atomic mass is 16.2. The Labute approximate surface area is 85.2 Å². The molecule has 0 aromatic carbocycles. The second kappa shape index (κ2) is 5.62. The Balaban J connectivity index is 2.27. The lowest BCUT2D eigenvalue weighted by atomic mass is 10.1. The zero-order chi connectivity index (χ0) is 10.4.